The molecule has 1 aromatic heterocycles. The number of carbonyl (C=O) groups excluding carboxylic acids is 2. The standard InChI is InChI=1S/C32H25N5O3/c33-17-24-10-9-22-14-30(24)40-26-12-11-23-7-4-8-28(27(23)16-26)36-32(39)29(13-21-5-2-1-3-6-21)35-31(38)15-25-18-34-20-37(25)19-22/h1-12,14,16,18,20,29H,13,15,19H2,(H,35,38)(H,36,39)/t29-/m1/s1. The zero-order valence-electron chi connectivity index (χ0n) is 21.5. The Morgan fingerprint density at radius 3 is 2.73 bits per heavy atom. The van der Waals surface area contributed by atoms with Crippen molar-refractivity contribution < 1.29 is 14.3 Å². The highest BCUT2D eigenvalue weighted by Gasteiger charge is 2.23. The molecule has 40 heavy (non-hydrogen) atoms. The van der Waals surface area contributed by atoms with Crippen LogP contribution >= 0.6 is 0 Å². The minimum atomic E-state index is -0.801. The summed E-state index contributed by atoms with van der Waals surface area (Å²) in [7, 11) is 0. The van der Waals surface area contributed by atoms with Crippen LogP contribution in [0.25, 0.3) is 10.8 Å². The van der Waals surface area contributed by atoms with E-state index in [0.29, 0.717) is 41.4 Å². The summed E-state index contributed by atoms with van der Waals surface area (Å²) in [6.45, 7) is 0.431. The SMILES string of the molecule is N#Cc1ccc2cc1Oc1ccc3cccc(c3c1)NC(=O)[C@@H](Cc1ccccc1)NC(=O)Cc1cncn1C2. The Labute approximate surface area is 230 Å². The predicted octanol–water partition coefficient (Wildman–Crippen LogP) is 4.97. The maximum Gasteiger partial charge on any atom is 0.247 e. The second-order valence-electron chi connectivity index (χ2n) is 9.72. The van der Waals surface area contributed by atoms with E-state index in [2.05, 4.69) is 21.7 Å². The number of carbonyl (C=O) groups is 2. The Morgan fingerprint density at radius 2 is 1.88 bits per heavy atom. The highest BCUT2D eigenvalue weighted by Crippen LogP contribution is 2.32. The maximum atomic E-state index is 13.6. The summed E-state index contributed by atoms with van der Waals surface area (Å²) in [5.41, 5.74) is 3.51. The van der Waals surface area contributed by atoms with Gasteiger partial charge in [-0.3, -0.25) is 9.59 Å². The van der Waals surface area contributed by atoms with Crippen LogP contribution in [-0.2, 0) is 29.0 Å². The molecule has 1 atom stereocenters. The number of ether oxygens (including phenoxy) is 1. The molecular weight excluding hydrogens is 502 g/mol. The van der Waals surface area contributed by atoms with E-state index in [-0.39, 0.29) is 18.2 Å². The minimum absolute atomic E-state index is 0.0502. The van der Waals surface area contributed by atoms with Crippen molar-refractivity contribution in [3.63, 3.8) is 0 Å². The van der Waals surface area contributed by atoms with Crippen LogP contribution in [0.2, 0.25) is 0 Å². The van der Waals surface area contributed by atoms with Crippen LogP contribution in [0.5, 0.6) is 11.5 Å². The van der Waals surface area contributed by atoms with E-state index in [0.717, 1.165) is 21.9 Å². The Morgan fingerprint density at radius 1 is 1.00 bits per heavy atom. The summed E-state index contributed by atoms with van der Waals surface area (Å²) in [5.74, 6) is 0.343. The molecule has 2 N–H and O–H groups in total. The first kappa shape index (κ1) is 24.9. The van der Waals surface area contributed by atoms with Crippen LogP contribution in [0, 0.1) is 11.3 Å². The quantitative estimate of drug-likeness (QED) is 0.337. The van der Waals surface area contributed by atoms with Gasteiger partial charge in [0, 0.05) is 35.9 Å². The summed E-state index contributed by atoms with van der Waals surface area (Å²) >= 11 is 0. The molecule has 2 heterocycles. The Balaban J connectivity index is 1.44. The van der Waals surface area contributed by atoms with Crippen molar-refractivity contribution in [3.05, 3.63) is 120 Å². The monoisotopic (exact) mass is 527 g/mol. The van der Waals surface area contributed by atoms with Crippen LogP contribution < -0.4 is 15.4 Å². The molecule has 6 rings (SSSR count). The van der Waals surface area contributed by atoms with Gasteiger partial charge in [-0.25, -0.2) is 4.98 Å². The molecular formula is C32H25N5O3. The number of nitrogens with zero attached hydrogens (tertiary/aromatic N) is 3. The van der Waals surface area contributed by atoms with Crippen molar-refractivity contribution in [1.29, 1.82) is 5.26 Å². The molecule has 0 fully saturated rings. The zero-order valence-corrected chi connectivity index (χ0v) is 21.5. The molecule has 8 nitrogen and oxygen atoms in total. The molecule has 1 aliphatic rings. The fourth-order valence-electron chi connectivity index (χ4n) is 4.92. The summed E-state index contributed by atoms with van der Waals surface area (Å²) in [4.78, 5) is 31.1. The summed E-state index contributed by atoms with van der Waals surface area (Å²) in [6, 6.07) is 27.6. The van der Waals surface area contributed by atoms with Crippen molar-refractivity contribution in [2.75, 3.05) is 5.32 Å². The first-order chi connectivity index (χ1) is 19.6. The van der Waals surface area contributed by atoms with Crippen LogP contribution in [0.4, 0.5) is 5.69 Å². The van der Waals surface area contributed by atoms with Gasteiger partial charge in [-0.1, -0.05) is 54.6 Å². The minimum Gasteiger partial charge on any atom is -0.456 e. The largest absolute Gasteiger partial charge is 0.456 e. The number of nitriles is 1. The molecule has 0 aliphatic carbocycles. The number of hydrogen-bond donors (Lipinski definition) is 2. The Hall–Kier alpha value is -5.42. The molecule has 1 aliphatic heterocycles. The van der Waals surface area contributed by atoms with Crippen LogP contribution in [0.1, 0.15) is 22.4 Å². The topological polar surface area (TPSA) is 109 Å². The highest BCUT2D eigenvalue weighted by molar-refractivity contribution is 6.05. The van der Waals surface area contributed by atoms with Gasteiger partial charge in [0.1, 0.15) is 23.6 Å². The second-order valence-corrected chi connectivity index (χ2v) is 9.72. The molecule has 0 unspecified atom stereocenters. The lowest BCUT2D eigenvalue weighted by Gasteiger charge is -2.20. The smallest absolute Gasteiger partial charge is 0.247 e. The maximum absolute atomic E-state index is 13.6. The molecule has 5 aromatic rings. The molecule has 0 spiro atoms. The molecule has 4 bridgehead atoms. The molecule has 8 heteroatoms. The van der Waals surface area contributed by atoms with Gasteiger partial charge in [-0.05, 0) is 46.8 Å². The van der Waals surface area contributed by atoms with Gasteiger partial charge in [-0.2, -0.15) is 5.26 Å². The highest BCUT2D eigenvalue weighted by atomic mass is 16.5. The van der Waals surface area contributed by atoms with Crippen molar-refractivity contribution in [1.82, 2.24) is 14.9 Å². The number of hydrogen-bond acceptors (Lipinski definition) is 5. The number of amides is 2. The lowest BCUT2D eigenvalue weighted by atomic mass is 10.0. The van der Waals surface area contributed by atoms with Gasteiger partial charge < -0.3 is 19.9 Å². The zero-order chi connectivity index (χ0) is 27.5. The average molecular weight is 528 g/mol. The number of fused-ring (bicyclic) bond motifs is 4. The van der Waals surface area contributed by atoms with Crippen molar-refractivity contribution in [3.8, 4) is 17.6 Å². The normalized spacial score (nSPS) is 15.3. The summed E-state index contributed by atoms with van der Waals surface area (Å²) < 4.78 is 8.09. The van der Waals surface area contributed by atoms with Gasteiger partial charge in [0.2, 0.25) is 11.8 Å². The molecule has 0 saturated carbocycles. The predicted molar refractivity (Wildman–Crippen MR) is 151 cm³/mol. The van der Waals surface area contributed by atoms with E-state index in [1.807, 2.05) is 83.4 Å². The van der Waals surface area contributed by atoms with Gasteiger partial charge >= 0.3 is 0 Å². The van der Waals surface area contributed by atoms with E-state index < -0.39 is 6.04 Å². The van der Waals surface area contributed by atoms with E-state index in [1.165, 1.54) is 0 Å². The van der Waals surface area contributed by atoms with Crippen LogP contribution in [0.3, 0.4) is 0 Å². The third-order valence-electron chi connectivity index (χ3n) is 6.93. The molecule has 2 amide bonds. The summed E-state index contributed by atoms with van der Waals surface area (Å²) in [5, 5.41) is 17.4. The lowest BCUT2D eigenvalue weighted by molar-refractivity contribution is -0.126. The third-order valence-corrected chi connectivity index (χ3v) is 6.93. The van der Waals surface area contributed by atoms with Gasteiger partial charge in [-0.15, -0.1) is 0 Å². The summed E-state index contributed by atoms with van der Waals surface area (Å²) in [6.07, 6.45) is 3.69. The van der Waals surface area contributed by atoms with Gasteiger partial charge in [0.25, 0.3) is 0 Å². The molecule has 0 radical (unpaired) electrons. The first-order valence-electron chi connectivity index (χ1n) is 12.9. The van der Waals surface area contributed by atoms with E-state index >= 15 is 0 Å². The average Bonchev–Trinajstić information content (AvgIpc) is 3.39. The van der Waals surface area contributed by atoms with E-state index in [9.17, 15) is 14.9 Å². The first-order valence-corrected chi connectivity index (χ1v) is 12.9. The number of benzene rings is 4. The van der Waals surface area contributed by atoms with E-state index in [1.54, 1.807) is 18.6 Å². The van der Waals surface area contributed by atoms with Crippen LogP contribution in [0.15, 0.2) is 97.5 Å². The van der Waals surface area contributed by atoms with Crippen molar-refractivity contribution in [2.45, 2.75) is 25.4 Å². The number of aromatic nitrogens is 2. The molecule has 4 aromatic carbocycles. The number of rotatable bonds is 2. The fraction of sp³-hybridized carbons (Fsp3) is 0.125. The lowest BCUT2D eigenvalue weighted by Crippen LogP contribution is -2.46. The van der Waals surface area contributed by atoms with Crippen molar-refractivity contribution in [2.24, 2.45) is 0 Å². The number of nitrogens with one attached hydrogen (secondary N) is 2. The molecule has 196 valence electrons. The molecule has 0 saturated heterocycles. The van der Waals surface area contributed by atoms with Gasteiger partial charge in [0.15, 0.2) is 0 Å². The van der Waals surface area contributed by atoms with E-state index in [4.69, 9.17) is 4.74 Å². The van der Waals surface area contributed by atoms with Crippen molar-refractivity contribution >= 4 is 28.3 Å². The third kappa shape index (κ3) is 5.26. The Bertz CT molecular complexity index is 1770. The second kappa shape index (κ2) is 10.8. The number of imidazole rings is 1. The van der Waals surface area contributed by atoms with Crippen LogP contribution in [-0.4, -0.2) is 27.4 Å². The Kier molecular flexibility index (Phi) is 6.69. The van der Waals surface area contributed by atoms with Gasteiger partial charge in [0.05, 0.1) is 18.3 Å². The fourth-order valence-corrected chi connectivity index (χ4v) is 4.92. The number of anilines is 1.